The molecule has 0 aromatic carbocycles. The molecule has 1 N–H and O–H groups in total. The van der Waals surface area contributed by atoms with Crippen LogP contribution in [0.15, 0.2) is 27.1 Å². The van der Waals surface area contributed by atoms with Gasteiger partial charge >= 0.3 is 0 Å². The van der Waals surface area contributed by atoms with Gasteiger partial charge in [0.15, 0.2) is 4.34 Å². The molecule has 0 aliphatic carbocycles. The fraction of sp³-hybridized carbons (Fsp3) is 0.273. The first-order chi connectivity index (χ1) is 9.79. The van der Waals surface area contributed by atoms with Crippen molar-refractivity contribution in [2.75, 3.05) is 0 Å². The van der Waals surface area contributed by atoms with Crippen molar-refractivity contribution < 1.29 is 13.3 Å². The highest BCUT2D eigenvalue weighted by molar-refractivity contribution is 7.91. The second-order valence-electron chi connectivity index (χ2n) is 4.34. The van der Waals surface area contributed by atoms with Crippen LogP contribution in [0.3, 0.4) is 0 Å². The topological polar surface area (TPSA) is 89.3 Å². The molecule has 0 spiro atoms. The summed E-state index contributed by atoms with van der Waals surface area (Å²) in [7, 11) is -3.81. The van der Waals surface area contributed by atoms with Crippen molar-refractivity contribution in [1.82, 2.24) is 4.72 Å². The lowest BCUT2D eigenvalue weighted by atomic mass is 10.1. The van der Waals surface area contributed by atoms with Crippen LogP contribution in [0.1, 0.15) is 12.5 Å². The highest BCUT2D eigenvalue weighted by atomic mass is 35.5. The zero-order valence-corrected chi connectivity index (χ0v) is 14.0. The molecule has 1 atom stereocenters. The van der Waals surface area contributed by atoms with Crippen molar-refractivity contribution >= 4 is 50.0 Å². The highest BCUT2D eigenvalue weighted by Gasteiger charge is 2.26. The normalized spacial score (nSPS) is 13.2. The van der Waals surface area contributed by atoms with Crippen molar-refractivity contribution in [3.05, 3.63) is 42.9 Å². The fourth-order valence-electron chi connectivity index (χ4n) is 1.72. The van der Waals surface area contributed by atoms with Crippen LogP contribution >= 0.6 is 34.3 Å². The number of hydrogen-bond donors (Lipinski definition) is 1. The summed E-state index contributed by atoms with van der Waals surface area (Å²) in [4.78, 5) is 10.0. The Morgan fingerprint density at radius 1 is 1.52 bits per heavy atom. The van der Waals surface area contributed by atoms with E-state index in [1.165, 1.54) is 11.3 Å². The smallest absolute Gasteiger partial charge is 0.258 e. The van der Waals surface area contributed by atoms with Crippen LogP contribution in [0, 0.1) is 10.1 Å². The molecule has 6 nitrogen and oxygen atoms in total. The summed E-state index contributed by atoms with van der Waals surface area (Å²) in [6.07, 6.45) is 0.546. The molecule has 0 saturated heterocycles. The summed E-state index contributed by atoms with van der Waals surface area (Å²) in [5, 5.41) is 14.6. The molecule has 1 unspecified atom stereocenters. The SMILES string of the molecule is CC(Cc1ccsc1)NS(=O)(=O)c1cc([N+](=O)[O-])c(Cl)s1. The van der Waals surface area contributed by atoms with E-state index >= 15 is 0 Å². The van der Waals surface area contributed by atoms with E-state index in [9.17, 15) is 18.5 Å². The molecule has 10 heteroatoms. The van der Waals surface area contributed by atoms with E-state index in [0.717, 1.165) is 11.6 Å². The van der Waals surface area contributed by atoms with E-state index in [-0.39, 0.29) is 14.6 Å². The maximum atomic E-state index is 12.2. The van der Waals surface area contributed by atoms with Crippen molar-refractivity contribution in [3.8, 4) is 0 Å². The number of nitro groups is 1. The third kappa shape index (κ3) is 4.01. The molecule has 0 fully saturated rings. The summed E-state index contributed by atoms with van der Waals surface area (Å²) < 4.78 is 26.6. The van der Waals surface area contributed by atoms with Gasteiger partial charge in [0.05, 0.1) is 4.92 Å². The Kier molecular flexibility index (Phi) is 4.99. The quantitative estimate of drug-likeness (QED) is 0.627. The van der Waals surface area contributed by atoms with Crippen LogP contribution in [-0.4, -0.2) is 19.4 Å². The fourth-order valence-corrected chi connectivity index (χ4v) is 5.33. The maximum Gasteiger partial charge on any atom is 0.300 e. The Morgan fingerprint density at radius 3 is 2.76 bits per heavy atom. The summed E-state index contributed by atoms with van der Waals surface area (Å²) in [5.74, 6) is 0. The first-order valence-electron chi connectivity index (χ1n) is 5.76. The third-order valence-corrected chi connectivity index (χ3v) is 6.72. The molecule has 2 aromatic heterocycles. The zero-order valence-electron chi connectivity index (χ0n) is 10.8. The van der Waals surface area contributed by atoms with Gasteiger partial charge in [-0.15, -0.1) is 11.3 Å². The van der Waals surface area contributed by atoms with Crippen LogP contribution in [-0.2, 0) is 16.4 Å². The van der Waals surface area contributed by atoms with Gasteiger partial charge in [-0.3, -0.25) is 10.1 Å². The Hall–Kier alpha value is -1.000. The van der Waals surface area contributed by atoms with Gasteiger partial charge in [-0.2, -0.15) is 11.3 Å². The van der Waals surface area contributed by atoms with E-state index < -0.39 is 20.6 Å². The van der Waals surface area contributed by atoms with Crippen LogP contribution < -0.4 is 4.72 Å². The largest absolute Gasteiger partial charge is 0.300 e. The minimum absolute atomic E-state index is 0.147. The first kappa shape index (κ1) is 16.4. The molecule has 2 heterocycles. The number of thiophene rings is 2. The van der Waals surface area contributed by atoms with E-state index in [0.29, 0.717) is 17.8 Å². The molecule has 0 radical (unpaired) electrons. The Labute approximate surface area is 134 Å². The lowest BCUT2D eigenvalue weighted by Gasteiger charge is -2.12. The molecule has 0 aliphatic rings. The zero-order chi connectivity index (χ0) is 15.6. The van der Waals surface area contributed by atoms with E-state index in [2.05, 4.69) is 4.72 Å². The van der Waals surface area contributed by atoms with Crippen molar-refractivity contribution in [2.24, 2.45) is 0 Å². The van der Waals surface area contributed by atoms with Crippen LogP contribution in [0.5, 0.6) is 0 Å². The molecule has 0 amide bonds. The van der Waals surface area contributed by atoms with Gasteiger partial charge in [0.25, 0.3) is 15.7 Å². The van der Waals surface area contributed by atoms with Crippen LogP contribution in [0.25, 0.3) is 0 Å². The van der Waals surface area contributed by atoms with Crippen molar-refractivity contribution in [3.63, 3.8) is 0 Å². The Morgan fingerprint density at radius 2 is 2.24 bits per heavy atom. The molecule has 0 bridgehead atoms. The Balaban J connectivity index is 2.14. The number of halogens is 1. The van der Waals surface area contributed by atoms with Gasteiger partial charge in [0.2, 0.25) is 0 Å². The summed E-state index contributed by atoms with van der Waals surface area (Å²) in [6, 6.07) is 2.57. The van der Waals surface area contributed by atoms with Crippen LogP contribution in [0.4, 0.5) is 5.69 Å². The predicted molar refractivity (Wildman–Crippen MR) is 83.8 cm³/mol. The molecule has 2 aromatic rings. The minimum Gasteiger partial charge on any atom is -0.258 e. The van der Waals surface area contributed by atoms with Crippen molar-refractivity contribution in [2.45, 2.75) is 23.6 Å². The third-order valence-electron chi connectivity index (χ3n) is 2.59. The minimum atomic E-state index is -3.81. The van der Waals surface area contributed by atoms with Gasteiger partial charge < -0.3 is 0 Å². The molecule has 21 heavy (non-hydrogen) atoms. The average molecular weight is 367 g/mol. The summed E-state index contributed by atoms with van der Waals surface area (Å²) in [5.41, 5.74) is 0.637. The second kappa shape index (κ2) is 6.41. The molecule has 0 saturated carbocycles. The molecular formula is C11H11ClN2O4S3. The molecule has 114 valence electrons. The van der Waals surface area contributed by atoms with Crippen LogP contribution in [0.2, 0.25) is 4.34 Å². The van der Waals surface area contributed by atoms with Gasteiger partial charge in [-0.05, 0) is 35.7 Å². The predicted octanol–water partition coefficient (Wildman–Crippen LogP) is 3.28. The van der Waals surface area contributed by atoms with E-state index in [1.807, 2.05) is 16.8 Å². The monoisotopic (exact) mass is 366 g/mol. The molecule has 0 aliphatic heterocycles. The number of rotatable bonds is 6. The van der Waals surface area contributed by atoms with Gasteiger partial charge in [-0.25, -0.2) is 13.1 Å². The maximum absolute atomic E-state index is 12.2. The van der Waals surface area contributed by atoms with Crippen molar-refractivity contribution in [1.29, 1.82) is 0 Å². The molecular weight excluding hydrogens is 356 g/mol. The Bertz CT molecular complexity index is 740. The highest BCUT2D eigenvalue weighted by Crippen LogP contribution is 2.36. The summed E-state index contributed by atoms with van der Waals surface area (Å²) in [6.45, 7) is 1.73. The first-order valence-corrected chi connectivity index (χ1v) is 9.39. The lowest BCUT2D eigenvalue weighted by molar-refractivity contribution is -0.384. The number of sulfonamides is 1. The second-order valence-corrected chi connectivity index (χ2v) is 8.71. The van der Waals surface area contributed by atoms with Gasteiger partial charge in [-0.1, -0.05) is 11.6 Å². The van der Waals surface area contributed by atoms with Gasteiger partial charge in [0, 0.05) is 12.1 Å². The number of nitrogens with zero attached hydrogens (tertiary/aromatic N) is 1. The van der Waals surface area contributed by atoms with E-state index in [4.69, 9.17) is 11.6 Å². The van der Waals surface area contributed by atoms with E-state index in [1.54, 1.807) is 6.92 Å². The standard InChI is InChI=1S/C11H11ClN2O4S3/c1-7(4-8-2-3-19-6-8)13-21(17,18)10-5-9(14(15)16)11(12)20-10/h2-3,5-7,13H,4H2,1H3. The summed E-state index contributed by atoms with van der Waals surface area (Å²) >= 11 is 7.90. The number of hydrogen-bond acceptors (Lipinski definition) is 6. The lowest BCUT2D eigenvalue weighted by Crippen LogP contribution is -2.33. The molecule has 2 rings (SSSR count). The number of nitrogens with one attached hydrogen (secondary N) is 1. The average Bonchev–Trinajstić information content (AvgIpc) is 2.97. The van der Waals surface area contributed by atoms with Gasteiger partial charge in [0.1, 0.15) is 4.21 Å².